The van der Waals surface area contributed by atoms with Crippen molar-refractivity contribution in [2.75, 3.05) is 0 Å². The Hall–Kier alpha value is -2.14. The molecule has 0 bridgehead atoms. The minimum absolute atomic E-state index is 0.0299. The molecule has 2 aromatic carbocycles. The number of carbonyl (C=O) groups is 1. The molecule has 0 unspecified atom stereocenters. The molecule has 1 fully saturated rings. The summed E-state index contributed by atoms with van der Waals surface area (Å²) in [5, 5.41) is 3.55. The molecule has 24 heavy (non-hydrogen) atoms. The van der Waals surface area contributed by atoms with Crippen LogP contribution in [0.5, 0.6) is 5.75 Å². The standard InChI is InChI=1S/C18H16ClF2NO2/c19-14-5-3-13(4-6-14)18(9-10-18)16(23)22-11-12-1-7-15(8-2-12)24-17(20)21/h1-8,17H,9-11H2,(H,22,23). The number of carbonyl (C=O) groups excluding carboxylic acids is 1. The second kappa shape index (κ2) is 6.77. The molecular weight excluding hydrogens is 336 g/mol. The molecule has 0 heterocycles. The van der Waals surface area contributed by atoms with Gasteiger partial charge in [-0.2, -0.15) is 8.78 Å². The monoisotopic (exact) mass is 351 g/mol. The van der Waals surface area contributed by atoms with Crippen molar-refractivity contribution in [1.29, 1.82) is 0 Å². The first-order chi connectivity index (χ1) is 11.5. The average molecular weight is 352 g/mol. The van der Waals surface area contributed by atoms with Gasteiger partial charge in [-0.05, 0) is 48.2 Å². The fourth-order valence-corrected chi connectivity index (χ4v) is 2.81. The predicted octanol–water partition coefficient (Wildman–Crippen LogP) is 4.29. The molecule has 0 radical (unpaired) electrons. The third-order valence-electron chi connectivity index (χ3n) is 4.18. The third-order valence-corrected chi connectivity index (χ3v) is 4.44. The van der Waals surface area contributed by atoms with Gasteiger partial charge in [-0.15, -0.1) is 0 Å². The van der Waals surface area contributed by atoms with Crippen LogP contribution in [0.1, 0.15) is 24.0 Å². The second-order valence-corrected chi connectivity index (χ2v) is 6.23. The molecule has 1 saturated carbocycles. The molecule has 1 aliphatic carbocycles. The molecule has 6 heteroatoms. The number of nitrogens with one attached hydrogen (secondary N) is 1. The average Bonchev–Trinajstić information content (AvgIpc) is 3.36. The SMILES string of the molecule is O=C(NCc1ccc(OC(F)F)cc1)C1(c2ccc(Cl)cc2)CC1. The number of hydrogen-bond acceptors (Lipinski definition) is 2. The maximum Gasteiger partial charge on any atom is 0.387 e. The zero-order chi connectivity index (χ0) is 17.2. The van der Waals surface area contributed by atoms with Crippen LogP contribution >= 0.6 is 11.6 Å². The van der Waals surface area contributed by atoms with Gasteiger partial charge in [-0.3, -0.25) is 4.79 Å². The van der Waals surface area contributed by atoms with E-state index in [4.69, 9.17) is 11.6 Å². The van der Waals surface area contributed by atoms with Gasteiger partial charge in [-0.1, -0.05) is 35.9 Å². The maximum atomic E-state index is 12.5. The Labute approximate surface area is 143 Å². The molecule has 0 spiro atoms. The van der Waals surface area contributed by atoms with E-state index in [2.05, 4.69) is 10.1 Å². The van der Waals surface area contributed by atoms with Crippen molar-refractivity contribution < 1.29 is 18.3 Å². The molecule has 3 rings (SSSR count). The van der Waals surface area contributed by atoms with E-state index in [9.17, 15) is 13.6 Å². The summed E-state index contributed by atoms with van der Waals surface area (Å²) in [6.45, 7) is -2.51. The highest BCUT2D eigenvalue weighted by Gasteiger charge is 2.50. The summed E-state index contributed by atoms with van der Waals surface area (Å²) in [6, 6.07) is 13.5. The molecular formula is C18H16ClF2NO2. The van der Waals surface area contributed by atoms with E-state index < -0.39 is 12.0 Å². The van der Waals surface area contributed by atoms with E-state index in [0.29, 0.717) is 11.6 Å². The van der Waals surface area contributed by atoms with Crippen molar-refractivity contribution >= 4 is 17.5 Å². The molecule has 0 atom stereocenters. The number of benzene rings is 2. The number of rotatable bonds is 6. The van der Waals surface area contributed by atoms with Crippen LogP contribution in [0.3, 0.4) is 0 Å². The highest BCUT2D eigenvalue weighted by Crippen LogP contribution is 2.48. The Morgan fingerprint density at radius 3 is 2.29 bits per heavy atom. The van der Waals surface area contributed by atoms with Crippen molar-refractivity contribution in [3.8, 4) is 5.75 Å². The highest BCUT2D eigenvalue weighted by molar-refractivity contribution is 6.30. The van der Waals surface area contributed by atoms with Crippen LogP contribution in [0.15, 0.2) is 48.5 Å². The van der Waals surface area contributed by atoms with Gasteiger partial charge in [0.2, 0.25) is 5.91 Å². The first kappa shape index (κ1) is 16.7. The Morgan fingerprint density at radius 2 is 1.75 bits per heavy atom. The van der Waals surface area contributed by atoms with E-state index in [1.165, 1.54) is 12.1 Å². The van der Waals surface area contributed by atoms with Gasteiger partial charge in [0.05, 0.1) is 5.41 Å². The Morgan fingerprint density at radius 1 is 1.12 bits per heavy atom. The van der Waals surface area contributed by atoms with Gasteiger partial charge in [0, 0.05) is 11.6 Å². The Balaban J connectivity index is 1.60. The lowest BCUT2D eigenvalue weighted by molar-refractivity contribution is -0.123. The fourth-order valence-electron chi connectivity index (χ4n) is 2.68. The number of hydrogen-bond donors (Lipinski definition) is 1. The topological polar surface area (TPSA) is 38.3 Å². The van der Waals surface area contributed by atoms with Gasteiger partial charge in [0.15, 0.2) is 0 Å². The van der Waals surface area contributed by atoms with Gasteiger partial charge < -0.3 is 10.1 Å². The van der Waals surface area contributed by atoms with Gasteiger partial charge >= 0.3 is 6.61 Å². The summed E-state index contributed by atoms with van der Waals surface area (Å²) in [5.74, 6) is 0.0673. The number of halogens is 3. The minimum Gasteiger partial charge on any atom is -0.435 e. The van der Waals surface area contributed by atoms with Crippen molar-refractivity contribution in [2.45, 2.75) is 31.4 Å². The Kier molecular flexibility index (Phi) is 4.71. The minimum atomic E-state index is -2.84. The predicted molar refractivity (Wildman–Crippen MR) is 87.3 cm³/mol. The fraction of sp³-hybridized carbons (Fsp3) is 0.278. The van der Waals surface area contributed by atoms with Crippen molar-refractivity contribution in [1.82, 2.24) is 5.32 Å². The van der Waals surface area contributed by atoms with Crippen LogP contribution in [0, 0.1) is 0 Å². The highest BCUT2D eigenvalue weighted by atomic mass is 35.5. The van der Waals surface area contributed by atoms with E-state index in [-0.39, 0.29) is 11.7 Å². The van der Waals surface area contributed by atoms with Crippen LogP contribution < -0.4 is 10.1 Å². The first-order valence-corrected chi connectivity index (χ1v) is 7.95. The van der Waals surface area contributed by atoms with E-state index in [1.54, 1.807) is 24.3 Å². The number of ether oxygens (including phenoxy) is 1. The molecule has 1 amide bonds. The first-order valence-electron chi connectivity index (χ1n) is 7.58. The van der Waals surface area contributed by atoms with Crippen molar-refractivity contribution in [2.24, 2.45) is 0 Å². The van der Waals surface area contributed by atoms with Crippen LogP contribution in [0.4, 0.5) is 8.78 Å². The Bertz CT molecular complexity index is 713. The van der Waals surface area contributed by atoms with Crippen LogP contribution in [0.25, 0.3) is 0 Å². The van der Waals surface area contributed by atoms with E-state index >= 15 is 0 Å². The summed E-state index contributed by atoms with van der Waals surface area (Å²) in [5.41, 5.74) is 1.31. The summed E-state index contributed by atoms with van der Waals surface area (Å²) in [4.78, 5) is 12.5. The van der Waals surface area contributed by atoms with E-state index in [0.717, 1.165) is 24.0 Å². The maximum absolute atomic E-state index is 12.5. The van der Waals surface area contributed by atoms with Crippen LogP contribution in [-0.2, 0) is 16.8 Å². The van der Waals surface area contributed by atoms with E-state index in [1.807, 2.05) is 12.1 Å². The molecule has 3 nitrogen and oxygen atoms in total. The van der Waals surface area contributed by atoms with Gasteiger partial charge in [-0.25, -0.2) is 0 Å². The normalized spacial score (nSPS) is 15.2. The third kappa shape index (κ3) is 3.67. The van der Waals surface area contributed by atoms with Crippen molar-refractivity contribution in [3.05, 3.63) is 64.7 Å². The lowest BCUT2D eigenvalue weighted by Gasteiger charge is -2.16. The number of amides is 1. The van der Waals surface area contributed by atoms with Crippen molar-refractivity contribution in [3.63, 3.8) is 0 Å². The van der Waals surface area contributed by atoms with Crippen LogP contribution in [-0.4, -0.2) is 12.5 Å². The summed E-state index contributed by atoms with van der Waals surface area (Å²) >= 11 is 5.89. The molecule has 126 valence electrons. The molecule has 1 N–H and O–H groups in total. The van der Waals surface area contributed by atoms with Gasteiger partial charge in [0.25, 0.3) is 0 Å². The molecule has 1 aliphatic rings. The lowest BCUT2D eigenvalue weighted by atomic mass is 9.95. The molecule has 2 aromatic rings. The summed E-state index contributed by atoms with van der Waals surface area (Å²) in [6.07, 6.45) is 1.61. The van der Waals surface area contributed by atoms with Crippen LogP contribution in [0.2, 0.25) is 5.02 Å². The lowest BCUT2D eigenvalue weighted by Crippen LogP contribution is -2.34. The second-order valence-electron chi connectivity index (χ2n) is 5.79. The molecule has 0 saturated heterocycles. The van der Waals surface area contributed by atoms with Gasteiger partial charge in [0.1, 0.15) is 5.75 Å². The smallest absolute Gasteiger partial charge is 0.387 e. The number of alkyl halides is 2. The summed E-state index contributed by atoms with van der Waals surface area (Å²) in [7, 11) is 0. The zero-order valence-corrected chi connectivity index (χ0v) is 13.5. The zero-order valence-electron chi connectivity index (χ0n) is 12.8. The quantitative estimate of drug-likeness (QED) is 0.843. The largest absolute Gasteiger partial charge is 0.435 e. The summed E-state index contributed by atoms with van der Waals surface area (Å²) < 4.78 is 28.5. The molecule has 0 aliphatic heterocycles. The molecule has 0 aromatic heterocycles.